The molecule has 0 amide bonds. The number of rotatable bonds is 23. The van der Waals surface area contributed by atoms with Crippen LogP contribution in [0.5, 0.6) is 0 Å². The second-order valence-electron chi connectivity index (χ2n) is 9.18. The minimum absolute atomic E-state index is 1.14. The van der Waals surface area contributed by atoms with Crippen molar-refractivity contribution in [2.45, 2.75) is 136 Å². The van der Waals surface area contributed by atoms with Crippen molar-refractivity contribution in [3.05, 3.63) is 12.7 Å². The molecule has 0 N–H and O–H groups in total. The van der Waals surface area contributed by atoms with E-state index in [9.17, 15) is 0 Å². The minimum Gasteiger partial charge on any atom is -0.321 e. The molecule has 168 valence electrons. The number of unbranched alkanes of at least 4 members (excludes halogenated alkanes) is 17. The fourth-order valence-electron chi connectivity index (χ4n) is 4.51. The molecular weight excluding hydrogens is 338 g/mol. The molecule has 28 heavy (non-hydrogen) atoms. The van der Waals surface area contributed by atoms with E-state index in [0.29, 0.717) is 0 Å². The van der Waals surface area contributed by atoms with E-state index in [2.05, 4.69) is 33.4 Å². The molecule has 0 radical (unpaired) electrons. The summed E-state index contributed by atoms with van der Waals surface area (Å²) in [6.45, 7) is 15.9. The molecule has 0 rings (SSSR count). The molecule has 0 aliphatic heterocycles. The van der Waals surface area contributed by atoms with Crippen LogP contribution in [0.4, 0.5) is 0 Å². The zero-order valence-corrected chi connectivity index (χ0v) is 20.3. The summed E-state index contributed by atoms with van der Waals surface area (Å²) >= 11 is 0. The van der Waals surface area contributed by atoms with Gasteiger partial charge in [0, 0.05) is 0 Å². The lowest BCUT2D eigenvalue weighted by Gasteiger charge is -2.36. The maximum Gasteiger partial charge on any atom is 0.0970 e. The number of likely N-dealkylation sites (N-methyl/N-ethyl adjacent to an activating group) is 1. The summed E-state index contributed by atoms with van der Waals surface area (Å²) in [5, 5.41) is 0. The summed E-state index contributed by atoms with van der Waals surface area (Å²) in [6.07, 6.45) is 28.3. The van der Waals surface area contributed by atoms with Gasteiger partial charge in [-0.15, -0.1) is 0 Å². The van der Waals surface area contributed by atoms with Crippen LogP contribution in [0.25, 0.3) is 0 Å². The highest BCUT2D eigenvalue weighted by molar-refractivity contribution is 4.66. The smallest absolute Gasteiger partial charge is 0.0970 e. The number of quaternary nitrogens is 1. The van der Waals surface area contributed by atoms with Crippen molar-refractivity contribution in [1.29, 1.82) is 0 Å². The summed E-state index contributed by atoms with van der Waals surface area (Å²) in [7, 11) is 0. The highest BCUT2D eigenvalue weighted by Crippen LogP contribution is 2.15. The van der Waals surface area contributed by atoms with E-state index in [1.807, 2.05) is 0 Å². The van der Waals surface area contributed by atoms with Gasteiger partial charge in [-0.05, 0) is 32.8 Å². The maximum absolute atomic E-state index is 3.96. The van der Waals surface area contributed by atoms with Crippen LogP contribution in [0.3, 0.4) is 0 Å². The van der Waals surface area contributed by atoms with E-state index >= 15 is 0 Å². The lowest BCUT2D eigenvalue weighted by molar-refractivity contribution is -0.919. The van der Waals surface area contributed by atoms with Crippen molar-refractivity contribution in [2.75, 3.05) is 26.2 Å². The number of hydrogen-bond acceptors (Lipinski definition) is 0. The van der Waals surface area contributed by atoms with Crippen LogP contribution < -0.4 is 0 Å². The molecule has 0 saturated carbocycles. The summed E-state index contributed by atoms with van der Waals surface area (Å²) in [6, 6.07) is 0. The van der Waals surface area contributed by atoms with Gasteiger partial charge in [0.05, 0.1) is 26.2 Å². The Morgan fingerprint density at radius 3 is 1.11 bits per heavy atom. The van der Waals surface area contributed by atoms with Gasteiger partial charge in [0.15, 0.2) is 0 Å². The lowest BCUT2D eigenvalue weighted by atomic mass is 10.0. The van der Waals surface area contributed by atoms with Gasteiger partial charge in [-0.1, -0.05) is 116 Å². The Bertz CT molecular complexity index is 305. The zero-order chi connectivity index (χ0) is 20.8. The van der Waals surface area contributed by atoms with E-state index < -0.39 is 0 Å². The third kappa shape index (κ3) is 16.6. The van der Waals surface area contributed by atoms with E-state index in [0.717, 1.165) is 6.54 Å². The van der Waals surface area contributed by atoms with Gasteiger partial charge in [-0.3, -0.25) is 0 Å². The first kappa shape index (κ1) is 27.7. The second kappa shape index (κ2) is 21.4. The largest absolute Gasteiger partial charge is 0.321 e. The lowest BCUT2D eigenvalue weighted by Crippen LogP contribution is -2.48. The SMILES string of the molecule is C=CC[N+](CC)(CC)CCCCCCCCCCCCCCCCCCCC. The van der Waals surface area contributed by atoms with Crippen molar-refractivity contribution in [2.24, 2.45) is 0 Å². The van der Waals surface area contributed by atoms with Gasteiger partial charge in [-0.2, -0.15) is 0 Å². The molecule has 0 aliphatic carbocycles. The van der Waals surface area contributed by atoms with Crippen LogP contribution >= 0.6 is 0 Å². The standard InChI is InChI=1S/C27H56N/c1-5-9-10-11-12-13-14-15-16-17-18-19-20-21-22-23-24-25-27-28(7-3,8-4)26-6-2/h6H,2,5,7-27H2,1,3-4H3/q+1. The van der Waals surface area contributed by atoms with Crippen LogP contribution in [-0.4, -0.2) is 30.7 Å². The molecule has 0 aromatic carbocycles. The first-order valence-electron chi connectivity index (χ1n) is 13.2. The molecular formula is C27H56N+. The average molecular weight is 395 g/mol. The third-order valence-corrected chi connectivity index (χ3v) is 6.84. The van der Waals surface area contributed by atoms with Crippen molar-refractivity contribution in [1.82, 2.24) is 0 Å². The fourth-order valence-corrected chi connectivity index (χ4v) is 4.51. The Balaban J connectivity index is 3.26. The summed E-state index contributed by atoms with van der Waals surface area (Å²) in [4.78, 5) is 0. The molecule has 0 saturated heterocycles. The van der Waals surface area contributed by atoms with Crippen LogP contribution in [0.2, 0.25) is 0 Å². The molecule has 0 aromatic heterocycles. The molecule has 0 spiro atoms. The van der Waals surface area contributed by atoms with E-state index in [1.54, 1.807) is 0 Å². The molecule has 0 aliphatic rings. The Hall–Kier alpha value is -0.300. The Morgan fingerprint density at radius 1 is 0.500 bits per heavy atom. The highest BCUT2D eigenvalue weighted by Gasteiger charge is 2.20. The van der Waals surface area contributed by atoms with Crippen LogP contribution in [0.15, 0.2) is 12.7 Å². The van der Waals surface area contributed by atoms with Crippen molar-refractivity contribution in [3.8, 4) is 0 Å². The second-order valence-corrected chi connectivity index (χ2v) is 9.18. The quantitative estimate of drug-likeness (QED) is 0.0920. The molecule has 0 bridgehead atoms. The molecule has 0 aromatic rings. The van der Waals surface area contributed by atoms with Crippen molar-refractivity contribution < 1.29 is 4.48 Å². The first-order valence-corrected chi connectivity index (χ1v) is 13.2. The zero-order valence-electron chi connectivity index (χ0n) is 20.3. The minimum atomic E-state index is 1.14. The van der Waals surface area contributed by atoms with Gasteiger partial charge >= 0.3 is 0 Å². The maximum atomic E-state index is 3.96. The normalized spacial score (nSPS) is 11.8. The first-order chi connectivity index (χ1) is 13.7. The molecule has 1 nitrogen and oxygen atoms in total. The van der Waals surface area contributed by atoms with Crippen LogP contribution in [-0.2, 0) is 0 Å². The predicted octanol–water partition coefficient (Wildman–Crippen LogP) is 9.07. The molecule has 0 atom stereocenters. The van der Waals surface area contributed by atoms with Crippen molar-refractivity contribution in [3.63, 3.8) is 0 Å². The number of hydrogen-bond donors (Lipinski definition) is 0. The molecule has 0 unspecified atom stereocenters. The topological polar surface area (TPSA) is 0 Å². The Labute approximate surface area is 180 Å². The molecule has 0 fully saturated rings. The van der Waals surface area contributed by atoms with Gasteiger partial charge in [0.25, 0.3) is 0 Å². The van der Waals surface area contributed by atoms with Crippen LogP contribution in [0.1, 0.15) is 136 Å². The van der Waals surface area contributed by atoms with E-state index in [1.165, 1.54) is 140 Å². The van der Waals surface area contributed by atoms with E-state index in [4.69, 9.17) is 0 Å². The van der Waals surface area contributed by atoms with Gasteiger partial charge in [-0.25, -0.2) is 0 Å². The highest BCUT2D eigenvalue weighted by atomic mass is 15.3. The molecule has 1 heteroatoms. The number of nitrogens with zero attached hydrogens (tertiary/aromatic N) is 1. The van der Waals surface area contributed by atoms with Gasteiger partial charge in [0.2, 0.25) is 0 Å². The van der Waals surface area contributed by atoms with E-state index in [-0.39, 0.29) is 0 Å². The fraction of sp³-hybridized carbons (Fsp3) is 0.926. The summed E-state index contributed by atoms with van der Waals surface area (Å²) in [5.41, 5.74) is 0. The van der Waals surface area contributed by atoms with Crippen molar-refractivity contribution >= 4 is 0 Å². The third-order valence-electron chi connectivity index (χ3n) is 6.84. The van der Waals surface area contributed by atoms with Gasteiger partial charge in [0.1, 0.15) is 0 Å². The molecule has 0 heterocycles. The Kier molecular flexibility index (Phi) is 21.2. The van der Waals surface area contributed by atoms with Crippen LogP contribution in [0, 0.1) is 0 Å². The monoisotopic (exact) mass is 394 g/mol. The Morgan fingerprint density at radius 2 is 0.821 bits per heavy atom. The summed E-state index contributed by atoms with van der Waals surface area (Å²) in [5.74, 6) is 0. The summed E-state index contributed by atoms with van der Waals surface area (Å²) < 4.78 is 1.24. The van der Waals surface area contributed by atoms with Gasteiger partial charge < -0.3 is 4.48 Å². The average Bonchev–Trinajstić information content (AvgIpc) is 2.72. The predicted molar refractivity (Wildman–Crippen MR) is 130 cm³/mol.